The summed E-state index contributed by atoms with van der Waals surface area (Å²) in [6, 6.07) is 6.28. The van der Waals surface area contributed by atoms with E-state index in [4.69, 9.17) is 37.5 Å². The second-order valence-corrected chi connectivity index (χ2v) is 12.1. The lowest BCUT2D eigenvalue weighted by Gasteiger charge is -2.29. The van der Waals surface area contributed by atoms with Gasteiger partial charge in [-0.25, -0.2) is 9.18 Å². The summed E-state index contributed by atoms with van der Waals surface area (Å²) in [5.41, 5.74) is -2.69. The van der Waals surface area contributed by atoms with E-state index in [0.717, 1.165) is 12.1 Å². The van der Waals surface area contributed by atoms with E-state index in [1.165, 1.54) is 6.07 Å². The van der Waals surface area contributed by atoms with E-state index in [-0.39, 0.29) is 23.8 Å². The van der Waals surface area contributed by atoms with Gasteiger partial charge in [-0.15, -0.1) is 0 Å². The molecule has 0 amide bonds. The number of benzene rings is 2. The van der Waals surface area contributed by atoms with Crippen molar-refractivity contribution in [1.29, 1.82) is 0 Å². The van der Waals surface area contributed by atoms with Crippen LogP contribution in [0.3, 0.4) is 0 Å². The maximum Gasteiger partial charge on any atom is 0.435 e. The Kier molecular flexibility index (Phi) is 8.79. The molecular weight excluding hydrogens is 589 g/mol. The van der Waals surface area contributed by atoms with Crippen molar-refractivity contribution < 1.29 is 41.5 Å². The third kappa shape index (κ3) is 6.70. The maximum absolute atomic E-state index is 14.3. The highest BCUT2D eigenvalue weighted by molar-refractivity contribution is 6.35. The summed E-state index contributed by atoms with van der Waals surface area (Å²) in [5.74, 6) is -1.57. The van der Waals surface area contributed by atoms with Crippen LogP contribution in [0.5, 0.6) is 0 Å². The van der Waals surface area contributed by atoms with E-state index in [2.05, 4.69) is 5.16 Å². The molecule has 3 unspecified atom stereocenters. The van der Waals surface area contributed by atoms with Gasteiger partial charge < -0.3 is 14.3 Å². The second-order valence-electron chi connectivity index (χ2n) is 11.3. The minimum absolute atomic E-state index is 0.00252. The number of carbonyl (C=O) groups is 2. The van der Waals surface area contributed by atoms with Crippen molar-refractivity contribution >= 4 is 40.7 Å². The maximum atomic E-state index is 14.3. The number of carbonyl (C=O) groups excluding carboxylic acids is 2. The van der Waals surface area contributed by atoms with Gasteiger partial charge in [-0.3, -0.25) is 4.79 Å². The van der Waals surface area contributed by atoms with Gasteiger partial charge in [-0.1, -0.05) is 40.5 Å². The molecular formula is C29H29Cl2F4NO5. The van der Waals surface area contributed by atoms with Gasteiger partial charge in [0.15, 0.2) is 17.7 Å². The van der Waals surface area contributed by atoms with Gasteiger partial charge in [0, 0.05) is 24.0 Å². The predicted octanol–water partition coefficient (Wildman–Crippen LogP) is 7.73. The van der Waals surface area contributed by atoms with Gasteiger partial charge in [0.25, 0.3) is 5.60 Å². The first-order valence-corrected chi connectivity index (χ1v) is 13.7. The summed E-state index contributed by atoms with van der Waals surface area (Å²) < 4.78 is 67.7. The van der Waals surface area contributed by atoms with E-state index in [0.29, 0.717) is 36.1 Å². The fourth-order valence-electron chi connectivity index (χ4n) is 4.90. The van der Waals surface area contributed by atoms with Gasteiger partial charge in [0.05, 0.1) is 22.4 Å². The summed E-state index contributed by atoms with van der Waals surface area (Å²) in [6.07, 6.45) is -5.11. The summed E-state index contributed by atoms with van der Waals surface area (Å²) in [6.45, 7) is 7.36. The molecule has 2 heterocycles. The first kappa shape index (κ1) is 31.3. The van der Waals surface area contributed by atoms with Crippen molar-refractivity contribution in [2.24, 2.45) is 11.1 Å². The van der Waals surface area contributed by atoms with Gasteiger partial charge in [0.2, 0.25) is 0 Å². The molecule has 0 aromatic heterocycles. The molecule has 6 nitrogen and oxygen atoms in total. The van der Waals surface area contributed by atoms with Crippen LogP contribution in [0.2, 0.25) is 10.0 Å². The molecule has 0 N–H and O–H groups in total. The van der Waals surface area contributed by atoms with Crippen molar-refractivity contribution in [3.05, 3.63) is 68.4 Å². The molecule has 0 spiro atoms. The Labute approximate surface area is 244 Å². The van der Waals surface area contributed by atoms with Crippen LogP contribution in [0.15, 0.2) is 35.5 Å². The Morgan fingerprint density at radius 1 is 1.12 bits per heavy atom. The van der Waals surface area contributed by atoms with Crippen molar-refractivity contribution in [2.45, 2.75) is 76.9 Å². The number of nitrogens with zero attached hydrogens (tertiary/aromatic N) is 1. The summed E-state index contributed by atoms with van der Waals surface area (Å²) in [4.78, 5) is 30.2. The van der Waals surface area contributed by atoms with E-state index in [1.54, 1.807) is 39.8 Å². The lowest BCUT2D eigenvalue weighted by atomic mass is 9.86. The SMILES string of the molecule is Cc1cc(C2=NOC(c3cc(Cl)c(F)c(Cl)c3)(C(F)(F)F)C2)ccc1C(=O)CCC1COC(C(=O)OC(C)(C)C)C1. The number of alkyl halides is 3. The van der Waals surface area contributed by atoms with Gasteiger partial charge in [0.1, 0.15) is 5.60 Å². The smallest absolute Gasteiger partial charge is 0.435 e. The van der Waals surface area contributed by atoms with Crippen molar-refractivity contribution in [3.8, 4) is 0 Å². The standard InChI is InChI=1S/C29H29Cl2F4NO5/c1-15-9-17(22-13-28(41-36-22,29(33,34)35)18-11-20(30)25(32)21(31)12-18)6-7-19(15)23(37)8-5-16-10-24(39-14-16)26(38)40-27(2,3)4/h6-7,9,11-12,16,24H,5,8,10,13-14H2,1-4H3. The fourth-order valence-corrected chi connectivity index (χ4v) is 5.38. The Morgan fingerprint density at radius 3 is 2.37 bits per heavy atom. The Hall–Kier alpha value is -2.69. The molecule has 0 bridgehead atoms. The molecule has 2 aromatic rings. The highest BCUT2D eigenvalue weighted by Crippen LogP contribution is 2.50. The zero-order valence-electron chi connectivity index (χ0n) is 22.8. The van der Waals surface area contributed by atoms with Crippen LogP contribution >= 0.6 is 23.2 Å². The van der Waals surface area contributed by atoms with Crippen molar-refractivity contribution in [1.82, 2.24) is 0 Å². The quantitative estimate of drug-likeness (QED) is 0.137. The predicted molar refractivity (Wildman–Crippen MR) is 145 cm³/mol. The molecule has 2 aliphatic rings. The average Bonchev–Trinajstić information content (AvgIpc) is 3.53. The average molecular weight is 618 g/mol. The van der Waals surface area contributed by atoms with Crippen molar-refractivity contribution in [3.63, 3.8) is 0 Å². The molecule has 2 aliphatic heterocycles. The van der Waals surface area contributed by atoms with Crippen LogP contribution in [0.4, 0.5) is 17.6 Å². The van der Waals surface area contributed by atoms with Gasteiger partial charge in [-0.05, 0) is 75.8 Å². The summed E-state index contributed by atoms with van der Waals surface area (Å²) in [7, 11) is 0. The van der Waals surface area contributed by atoms with E-state index in [1.807, 2.05) is 0 Å². The number of aryl methyl sites for hydroxylation is 1. The lowest BCUT2D eigenvalue weighted by molar-refractivity contribution is -0.275. The van der Waals surface area contributed by atoms with Crippen LogP contribution in [0.1, 0.15) is 73.5 Å². The number of ketones is 1. The molecule has 1 saturated heterocycles. The normalized spacial score (nSPS) is 22.8. The second kappa shape index (κ2) is 11.5. The number of rotatable bonds is 7. The summed E-state index contributed by atoms with van der Waals surface area (Å²) >= 11 is 11.5. The molecule has 12 heteroatoms. The number of Topliss-reactive ketones (excluding diaryl/α,β-unsaturated/α-hetero) is 1. The Balaban J connectivity index is 1.43. The Bertz CT molecular complexity index is 1370. The van der Waals surface area contributed by atoms with Crippen LogP contribution in [0, 0.1) is 18.7 Å². The first-order chi connectivity index (χ1) is 19.0. The number of esters is 1. The topological polar surface area (TPSA) is 74.2 Å². The Morgan fingerprint density at radius 2 is 1.78 bits per heavy atom. The third-order valence-electron chi connectivity index (χ3n) is 7.03. The molecule has 4 rings (SSSR count). The van der Waals surface area contributed by atoms with Gasteiger partial charge in [-0.2, -0.15) is 13.2 Å². The van der Waals surface area contributed by atoms with Gasteiger partial charge >= 0.3 is 12.1 Å². The van der Waals surface area contributed by atoms with E-state index < -0.39 is 57.3 Å². The molecule has 0 aliphatic carbocycles. The fraction of sp³-hybridized carbons (Fsp3) is 0.483. The molecule has 2 aromatic carbocycles. The first-order valence-electron chi connectivity index (χ1n) is 13.0. The zero-order valence-corrected chi connectivity index (χ0v) is 24.3. The number of halogens is 6. The van der Waals surface area contributed by atoms with E-state index in [9.17, 15) is 27.2 Å². The van der Waals surface area contributed by atoms with Crippen LogP contribution in [0.25, 0.3) is 0 Å². The number of hydrogen-bond donors (Lipinski definition) is 0. The van der Waals surface area contributed by atoms with Crippen LogP contribution in [-0.4, -0.2) is 42.0 Å². The monoisotopic (exact) mass is 617 g/mol. The highest BCUT2D eigenvalue weighted by atomic mass is 35.5. The molecule has 0 radical (unpaired) electrons. The third-order valence-corrected chi connectivity index (χ3v) is 7.58. The molecule has 222 valence electrons. The minimum atomic E-state index is -4.93. The highest BCUT2D eigenvalue weighted by Gasteiger charge is 2.62. The van der Waals surface area contributed by atoms with E-state index >= 15 is 0 Å². The molecule has 3 atom stereocenters. The molecule has 1 fully saturated rings. The number of ether oxygens (including phenoxy) is 2. The van der Waals surface area contributed by atoms with Crippen LogP contribution in [-0.2, 0) is 24.7 Å². The number of oxime groups is 1. The molecule has 0 saturated carbocycles. The molecule has 41 heavy (non-hydrogen) atoms. The largest absolute Gasteiger partial charge is 0.458 e. The van der Waals surface area contributed by atoms with Crippen molar-refractivity contribution in [2.75, 3.05) is 6.61 Å². The number of hydrogen-bond acceptors (Lipinski definition) is 6. The zero-order chi connectivity index (χ0) is 30.3. The lowest BCUT2D eigenvalue weighted by Crippen LogP contribution is -2.42. The van der Waals surface area contributed by atoms with Crippen LogP contribution < -0.4 is 0 Å². The minimum Gasteiger partial charge on any atom is -0.458 e. The summed E-state index contributed by atoms with van der Waals surface area (Å²) in [5, 5.41) is 2.57.